The molecule has 0 aliphatic heterocycles. The van der Waals surface area contributed by atoms with Crippen LogP contribution in [0.1, 0.15) is 41.4 Å². The van der Waals surface area contributed by atoms with Crippen molar-refractivity contribution >= 4 is 43.5 Å². The SMILES string of the molecule is [2H]C([2H])([2H])c1cnc(-c2[c-]ccc3c2oc2ccc4nc(C)sc4c23)cc1C([2H])(C)C.[Ir].[c-]1ccccc1-c1ccccn1. The number of thiazole rings is 1. The summed E-state index contributed by atoms with van der Waals surface area (Å²) >= 11 is 1.63. The van der Waals surface area contributed by atoms with Crippen LogP contribution in [0.3, 0.4) is 0 Å². The van der Waals surface area contributed by atoms with Crippen LogP contribution >= 0.6 is 11.3 Å². The van der Waals surface area contributed by atoms with Gasteiger partial charge in [0.1, 0.15) is 5.58 Å². The predicted molar refractivity (Wildman–Crippen MR) is 161 cm³/mol. The molecule has 0 amide bonds. The van der Waals surface area contributed by atoms with Gasteiger partial charge in [0, 0.05) is 43.4 Å². The summed E-state index contributed by atoms with van der Waals surface area (Å²) in [4.78, 5) is 13.2. The van der Waals surface area contributed by atoms with Crippen LogP contribution in [-0.2, 0) is 20.1 Å². The Morgan fingerprint density at radius 1 is 0.975 bits per heavy atom. The molecule has 0 bridgehead atoms. The maximum Gasteiger partial charge on any atom is 0.122 e. The summed E-state index contributed by atoms with van der Waals surface area (Å²) in [6.07, 6.45) is 3.14. The third-order valence-corrected chi connectivity index (χ3v) is 7.41. The van der Waals surface area contributed by atoms with Gasteiger partial charge in [-0.15, -0.1) is 65.4 Å². The van der Waals surface area contributed by atoms with Gasteiger partial charge >= 0.3 is 0 Å². The minimum absolute atomic E-state index is 0. The van der Waals surface area contributed by atoms with Crippen LogP contribution in [0.4, 0.5) is 0 Å². The van der Waals surface area contributed by atoms with Crippen LogP contribution < -0.4 is 0 Å². The Morgan fingerprint density at radius 3 is 2.60 bits per heavy atom. The van der Waals surface area contributed by atoms with Gasteiger partial charge < -0.3 is 14.4 Å². The molecule has 0 saturated heterocycles. The molecular formula is C34H27IrN3OS-2. The Kier molecular flexibility index (Phi) is 6.80. The number of fused-ring (bicyclic) bond motifs is 5. The number of aromatic nitrogens is 3. The number of nitrogens with zero attached hydrogens (tertiary/aromatic N) is 3. The summed E-state index contributed by atoms with van der Waals surface area (Å²) in [5.74, 6) is -1.10. The van der Waals surface area contributed by atoms with Crippen molar-refractivity contribution < 1.29 is 30.0 Å². The standard InChI is InChI=1S/C23H19N2OS.C11H8N.Ir/c1-12(2)17-10-19(24-11-13(17)3)15-6-5-7-16-21-20(26-22(15)16)9-8-18-23(21)27-14(4)25-18;1-2-6-10(7-3-1)11-8-4-5-9-12-11;/h5,7-12H,1-4H3;1-6,8-9H;/q2*-1;/i3D3,12D;;. The minimum Gasteiger partial charge on any atom is -0.501 e. The van der Waals surface area contributed by atoms with E-state index in [-0.39, 0.29) is 25.7 Å². The molecule has 0 aliphatic rings. The van der Waals surface area contributed by atoms with Crippen LogP contribution in [0.15, 0.2) is 89.6 Å². The average Bonchev–Trinajstić information content (AvgIpc) is 3.56. The molecule has 0 saturated carbocycles. The van der Waals surface area contributed by atoms with E-state index in [0.29, 0.717) is 22.4 Å². The molecule has 40 heavy (non-hydrogen) atoms. The van der Waals surface area contributed by atoms with Gasteiger partial charge in [0.25, 0.3) is 0 Å². The molecule has 7 aromatic rings. The van der Waals surface area contributed by atoms with Crippen LogP contribution in [-0.4, -0.2) is 15.0 Å². The first-order valence-corrected chi connectivity index (χ1v) is 13.3. The van der Waals surface area contributed by atoms with Crippen LogP contribution in [0.2, 0.25) is 0 Å². The number of pyridine rings is 2. The molecular weight excluding hydrogens is 691 g/mol. The molecule has 0 atom stereocenters. The van der Waals surface area contributed by atoms with Crippen molar-refractivity contribution in [3.05, 3.63) is 113 Å². The molecule has 0 spiro atoms. The summed E-state index contributed by atoms with van der Waals surface area (Å²) in [7, 11) is 0. The quantitative estimate of drug-likeness (QED) is 0.171. The molecule has 4 heterocycles. The zero-order chi connectivity index (χ0) is 30.4. The molecule has 4 nitrogen and oxygen atoms in total. The number of hydrogen-bond acceptors (Lipinski definition) is 5. The minimum atomic E-state index is -2.34. The van der Waals surface area contributed by atoms with Crippen molar-refractivity contribution in [1.82, 2.24) is 15.0 Å². The molecule has 201 valence electrons. The smallest absolute Gasteiger partial charge is 0.122 e. The maximum absolute atomic E-state index is 8.48. The van der Waals surface area contributed by atoms with E-state index in [9.17, 15) is 0 Å². The van der Waals surface area contributed by atoms with Gasteiger partial charge in [-0.3, -0.25) is 0 Å². The van der Waals surface area contributed by atoms with Crippen molar-refractivity contribution in [3.8, 4) is 22.5 Å². The fraction of sp³-hybridized carbons (Fsp3) is 0.147. The number of furan rings is 1. The fourth-order valence-electron chi connectivity index (χ4n) is 4.59. The molecule has 0 N–H and O–H groups in total. The van der Waals surface area contributed by atoms with E-state index in [1.807, 2.05) is 73.7 Å². The summed E-state index contributed by atoms with van der Waals surface area (Å²) in [5.41, 5.74) is 6.03. The molecule has 0 aliphatic carbocycles. The van der Waals surface area contributed by atoms with E-state index >= 15 is 0 Å². The molecule has 7 rings (SSSR count). The van der Waals surface area contributed by atoms with E-state index in [4.69, 9.17) is 9.90 Å². The van der Waals surface area contributed by atoms with Crippen molar-refractivity contribution in [3.63, 3.8) is 0 Å². The number of benzene rings is 3. The maximum atomic E-state index is 8.48. The van der Waals surface area contributed by atoms with Gasteiger partial charge in [0.15, 0.2) is 0 Å². The number of rotatable bonds is 3. The Bertz CT molecular complexity index is 2030. The zero-order valence-electron chi connectivity index (χ0n) is 26.1. The third-order valence-electron chi connectivity index (χ3n) is 6.41. The average molecular weight is 722 g/mol. The van der Waals surface area contributed by atoms with Crippen LogP contribution in [0, 0.1) is 25.9 Å². The van der Waals surface area contributed by atoms with E-state index < -0.39 is 12.7 Å². The molecule has 0 fully saturated rings. The van der Waals surface area contributed by atoms with Crippen molar-refractivity contribution in [2.24, 2.45) is 0 Å². The Balaban J connectivity index is 0.000000248. The van der Waals surface area contributed by atoms with E-state index in [1.54, 1.807) is 37.4 Å². The molecule has 6 heteroatoms. The largest absolute Gasteiger partial charge is 0.501 e. The molecule has 0 unspecified atom stereocenters. The second kappa shape index (κ2) is 11.8. The van der Waals surface area contributed by atoms with Gasteiger partial charge in [0.05, 0.1) is 20.8 Å². The fourth-order valence-corrected chi connectivity index (χ4v) is 5.56. The summed E-state index contributed by atoms with van der Waals surface area (Å²) in [6.45, 7) is 2.99. The van der Waals surface area contributed by atoms with Crippen molar-refractivity contribution in [2.75, 3.05) is 0 Å². The first kappa shape index (κ1) is 23.0. The van der Waals surface area contributed by atoms with Gasteiger partial charge in [-0.25, -0.2) is 4.98 Å². The monoisotopic (exact) mass is 722 g/mol. The first-order chi connectivity index (χ1) is 20.5. The Morgan fingerprint density at radius 2 is 1.85 bits per heavy atom. The molecule has 3 aromatic carbocycles. The number of aryl methyl sites for hydroxylation is 2. The predicted octanol–water partition coefficient (Wildman–Crippen LogP) is 9.34. The van der Waals surface area contributed by atoms with Crippen LogP contribution in [0.5, 0.6) is 0 Å². The normalized spacial score (nSPS) is 13.1. The van der Waals surface area contributed by atoms with Gasteiger partial charge in [0.2, 0.25) is 0 Å². The Hall–Kier alpha value is -3.70. The Labute approximate surface area is 257 Å². The van der Waals surface area contributed by atoms with E-state index in [0.717, 1.165) is 42.8 Å². The molecule has 4 aromatic heterocycles. The second-order valence-corrected chi connectivity index (χ2v) is 10.5. The van der Waals surface area contributed by atoms with Gasteiger partial charge in [-0.2, -0.15) is 0 Å². The summed E-state index contributed by atoms with van der Waals surface area (Å²) in [5, 5.41) is 2.93. The number of hydrogen-bond donors (Lipinski definition) is 0. The topological polar surface area (TPSA) is 51.8 Å². The van der Waals surface area contributed by atoms with Crippen molar-refractivity contribution in [2.45, 2.75) is 33.5 Å². The van der Waals surface area contributed by atoms with Gasteiger partial charge in [-0.1, -0.05) is 43.0 Å². The van der Waals surface area contributed by atoms with E-state index in [2.05, 4.69) is 27.1 Å². The van der Waals surface area contributed by atoms with Crippen LogP contribution in [0.25, 0.3) is 54.7 Å². The summed E-state index contributed by atoms with van der Waals surface area (Å²) in [6, 6.07) is 29.4. The van der Waals surface area contributed by atoms with Crippen molar-refractivity contribution in [1.29, 1.82) is 0 Å². The molecule has 1 radical (unpaired) electrons. The summed E-state index contributed by atoms with van der Waals surface area (Å²) < 4.78 is 39.3. The first-order valence-electron chi connectivity index (χ1n) is 14.5. The zero-order valence-corrected chi connectivity index (χ0v) is 25.3. The second-order valence-electron chi connectivity index (χ2n) is 9.32. The van der Waals surface area contributed by atoms with Gasteiger partial charge in [-0.05, 0) is 60.4 Å². The third kappa shape index (κ3) is 5.35. The van der Waals surface area contributed by atoms with E-state index in [1.165, 1.54) is 6.20 Å².